The Morgan fingerprint density at radius 3 is 2.30 bits per heavy atom. The van der Waals surface area contributed by atoms with Crippen LogP contribution in [0.25, 0.3) is 0 Å². The lowest BCUT2D eigenvalue weighted by Crippen LogP contribution is -2.71. The predicted octanol–water partition coefficient (Wildman–Crippen LogP) is 0.282. The molecule has 116 valence electrons. The molecule has 2 rings (SSSR count). The molecular weight excluding hydrogens is 260 g/mol. The number of β-amino-alcohol motifs (C(OH)–C–C–N with tert-alkyl or cyclic N) is 1. The van der Waals surface area contributed by atoms with Crippen LogP contribution in [-0.4, -0.2) is 77.1 Å². The molecule has 0 aliphatic carbocycles. The maximum atomic E-state index is 12.0. The molecule has 1 unspecified atom stereocenters. The van der Waals surface area contributed by atoms with Crippen LogP contribution in [0, 0.1) is 5.41 Å². The van der Waals surface area contributed by atoms with Gasteiger partial charge in [0.1, 0.15) is 5.60 Å². The molecule has 6 nitrogen and oxygen atoms in total. The average molecular weight is 286 g/mol. The van der Waals surface area contributed by atoms with E-state index >= 15 is 0 Å². The molecule has 20 heavy (non-hydrogen) atoms. The van der Waals surface area contributed by atoms with Gasteiger partial charge in [0, 0.05) is 26.2 Å². The molecule has 2 fully saturated rings. The molecule has 2 saturated heterocycles. The molecule has 2 aliphatic heterocycles. The molecule has 1 amide bonds. The van der Waals surface area contributed by atoms with Gasteiger partial charge in [-0.25, -0.2) is 4.79 Å². The standard InChI is InChI=1S/C14H26N2O4/c1-12(2,3)20-11(18)16-7-13(8-16,10-17)14(19)5-6-15(4)9-14/h17,19H,5-10H2,1-4H3. The zero-order valence-corrected chi connectivity index (χ0v) is 12.8. The predicted molar refractivity (Wildman–Crippen MR) is 74.4 cm³/mol. The second kappa shape index (κ2) is 4.86. The number of carbonyl (C=O) groups excluding carboxylic acids is 1. The van der Waals surface area contributed by atoms with Gasteiger partial charge in [-0.15, -0.1) is 0 Å². The van der Waals surface area contributed by atoms with Crippen molar-refractivity contribution in [3.8, 4) is 0 Å². The fraction of sp³-hybridized carbons (Fsp3) is 0.929. The Labute approximate surface area is 120 Å². The van der Waals surface area contributed by atoms with E-state index in [1.54, 1.807) is 4.90 Å². The zero-order valence-electron chi connectivity index (χ0n) is 12.8. The van der Waals surface area contributed by atoms with Crippen LogP contribution in [0.5, 0.6) is 0 Å². The smallest absolute Gasteiger partial charge is 0.410 e. The maximum absolute atomic E-state index is 12.0. The van der Waals surface area contributed by atoms with E-state index in [2.05, 4.69) is 0 Å². The van der Waals surface area contributed by atoms with Crippen molar-refractivity contribution in [3.05, 3.63) is 0 Å². The second-order valence-corrected chi connectivity index (χ2v) is 7.29. The first-order valence-electron chi connectivity index (χ1n) is 7.11. The van der Waals surface area contributed by atoms with Crippen molar-refractivity contribution < 1.29 is 19.7 Å². The summed E-state index contributed by atoms with van der Waals surface area (Å²) in [7, 11) is 1.95. The summed E-state index contributed by atoms with van der Waals surface area (Å²) in [5, 5.41) is 20.5. The molecular formula is C14H26N2O4. The number of carbonyl (C=O) groups is 1. The SMILES string of the molecule is CN1CCC(O)(C2(CO)CN(C(=O)OC(C)(C)C)C2)C1. The molecule has 0 aromatic carbocycles. The summed E-state index contributed by atoms with van der Waals surface area (Å²) in [5.74, 6) is 0. The van der Waals surface area contributed by atoms with Gasteiger partial charge in [-0.3, -0.25) is 0 Å². The maximum Gasteiger partial charge on any atom is 0.410 e. The van der Waals surface area contributed by atoms with E-state index < -0.39 is 16.6 Å². The van der Waals surface area contributed by atoms with Crippen LogP contribution in [0.15, 0.2) is 0 Å². The van der Waals surface area contributed by atoms with Crippen molar-refractivity contribution >= 4 is 6.09 Å². The third-order valence-electron chi connectivity index (χ3n) is 4.37. The van der Waals surface area contributed by atoms with Gasteiger partial charge in [0.2, 0.25) is 0 Å². The molecule has 1 atom stereocenters. The third-order valence-corrected chi connectivity index (χ3v) is 4.37. The van der Waals surface area contributed by atoms with E-state index in [1.807, 2.05) is 32.7 Å². The average Bonchev–Trinajstić information content (AvgIpc) is 2.56. The highest BCUT2D eigenvalue weighted by Crippen LogP contribution is 2.45. The first kappa shape index (κ1) is 15.5. The van der Waals surface area contributed by atoms with Crippen LogP contribution >= 0.6 is 0 Å². The summed E-state index contributed by atoms with van der Waals surface area (Å²) in [4.78, 5) is 15.6. The van der Waals surface area contributed by atoms with E-state index in [0.29, 0.717) is 26.1 Å². The topological polar surface area (TPSA) is 73.2 Å². The fourth-order valence-electron chi connectivity index (χ4n) is 3.09. The van der Waals surface area contributed by atoms with Crippen molar-refractivity contribution in [1.82, 2.24) is 9.80 Å². The largest absolute Gasteiger partial charge is 0.444 e. The summed E-state index contributed by atoms with van der Waals surface area (Å²) in [6.07, 6.45) is 0.253. The van der Waals surface area contributed by atoms with Gasteiger partial charge in [0.25, 0.3) is 0 Å². The highest BCUT2D eigenvalue weighted by atomic mass is 16.6. The Kier molecular flexibility index (Phi) is 3.77. The molecule has 2 aliphatic rings. The van der Waals surface area contributed by atoms with E-state index in [-0.39, 0.29) is 12.7 Å². The first-order chi connectivity index (χ1) is 9.11. The number of hydrogen-bond acceptors (Lipinski definition) is 5. The first-order valence-corrected chi connectivity index (χ1v) is 7.11. The Bertz CT molecular complexity index is 387. The van der Waals surface area contributed by atoms with E-state index in [9.17, 15) is 15.0 Å². The van der Waals surface area contributed by atoms with Crippen molar-refractivity contribution in [2.24, 2.45) is 5.41 Å². The Hall–Kier alpha value is -0.850. The number of hydrogen-bond donors (Lipinski definition) is 2. The minimum Gasteiger partial charge on any atom is -0.444 e. The van der Waals surface area contributed by atoms with Crippen molar-refractivity contribution in [2.45, 2.75) is 38.4 Å². The number of amides is 1. The van der Waals surface area contributed by atoms with Gasteiger partial charge in [0.15, 0.2) is 0 Å². The Morgan fingerprint density at radius 2 is 1.90 bits per heavy atom. The van der Waals surface area contributed by atoms with Crippen LogP contribution in [0.2, 0.25) is 0 Å². The molecule has 0 aromatic rings. The van der Waals surface area contributed by atoms with Crippen LogP contribution in [0.4, 0.5) is 4.79 Å². The molecule has 0 saturated carbocycles. The highest BCUT2D eigenvalue weighted by molar-refractivity contribution is 5.69. The van der Waals surface area contributed by atoms with Crippen molar-refractivity contribution in [1.29, 1.82) is 0 Å². The quantitative estimate of drug-likeness (QED) is 0.763. The van der Waals surface area contributed by atoms with Gasteiger partial charge in [0.05, 0.1) is 17.6 Å². The number of rotatable bonds is 2. The van der Waals surface area contributed by atoms with Crippen molar-refractivity contribution in [3.63, 3.8) is 0 Å². The highest BCUT2D eigenvalue weighted by Gasteiger charge is 2.60. The lowest BCUT2D eigenvalue weighted by atomic mass is 9.66. The lowest BCUT2D eigenvalue weighted by Gasteiger charge is -2.55. The number of aliphatic hydroxyl groups is 2. The molecule has 2 heterocycles. The summed E-state index contributed by atoms with van der Waals surface area (Å²) < 4.78 is 5.31. The Morgan fingerprint density at radius 1 is 1.30 bits per heavy atom. The van der Waals surface area contributed by atoms with Gasteiger partial charge < -0.3 is 24.7 Å². The summed E-state index contributed by atoms with van der Waals surface area (Å²) in [5.41, 5.74) is -2.07. The fourth-order valence-corrected chi connectivity index (χ4v) is 3.09. The molecule has 0 spiro atoms. The molecule has 0 radical (unpaired) electrons. The lowest BCUT2D eigenvalue weighted by molar-refractivity contribution is -0.170. The second-order valence-electron chi connectivity index (χ2n) is 7.29. The van der Waals surface area contributed by atoms with E-state index in [1.165, 1.54) is 0 Å². The van der Waals surface area contributed by atoms with Crippen LogP contribution in [0.3, 0.4) is 0 Å². The van der Waals surface area contributed by atoms with Gasteiger partial charge in [-0.05, 0) is 34.2 Å². The van der Waals surface area contributed by atoms with E-state index in [0.717, 1.165) is 6.54 Å². The summed E-state index contributed by atoms with van der Waals surface area (Å²) in [6.45, 7) is 7.40. The minimum absolute atomic E-state index is 0.114. The summed E-state index contributed by atoms with van der Waals surface area (Å²) >= 11 is 0. The monoisotopic (exact) mass is 286 g/mol. The number of ether oxygens (including phenoxy) is 1. The Balaban J connectivity index is 2.00. The molecule has 6 heteroatoms. The third kappa shape index (κ3) is 2.64. The normalized spacial score (nSPS) is 30.2. The minimum atomic E-state index is -0.922. The number of nitrogens with zero attached hydrogens (tertiary/aromatic N) is 2. The van der Waals surface area contributed by atoms with Gasteiger partial charge >= 0.3 is 6.09 Å². The van der Waals surface area contributed by atoms with E-state index in [4.69, 9.17) is 4.74 Å². The van der Waals surface area contributed by atoms with Gasteiger partial charge in [-0.1, -0.05) is 0 Å². The van der Waals surface area contributed by atoms with Gasteiger partial charge in [-0.2, -0.15) is 0 Å². The number of aliphatic hydroxyl groups excluding tert-OH is 1. The number of likely N-dealkylation sites (N-methyl/N-ethyl adjacent to an activating group) is 1. The van der Waals surface area contributed by atoms with Crippen LogP contribution in [-0.2, 0) is 4.74 Å². The molecule has 0 bridgehead atoms. The number of likely N-dealkylation sites (tertiary alicyclic amines) is 2. The molecule has 0 aromatic heterocycles. The van der Waals surface area contributed by atoms with Crippen LogP contribution in [0.1, 0.15) is 27.2 Å². The van der Waals surface area contributed by atoms with Crippen molar-refractivity contribution in [2.75, 3.05) is 39.8 Å². The van der Waals surface area contributed by atoms with Crippen LogP contribution < -0.4 is 0 Å². The zero-order chi connectivity index (χ0) is 15.2. The molecule has 2 N–H and O–H groups in total. The summed E-state index contributed by atoms with van der Waals surface area (Å²) in [6, 6.07) is 0.